The van der Waals surface area contributed by atoms with E-state index in [0.717, 1.165) is 22.6 Å². The minimum absolute atomic E-state index is 0.297. The average molecular weight is 276 g/mol. The SMILES string of the molecule is CCc1ccc(CC(O)c2snnc2C(C)C)cc1. The summed E-state index contributed by atoms with van der Waals surface area (Å²) in [5, 5.41) is 14.5. The fourth-order valence-electron chi connectivity index (χ4n) is 2.06. The molecule has 0 fully saturated rings. The maximum atomic E-state index is 10.3. The summed E-state index contributed by atoms with van der Waals surface area (Å²) >= 11 is 1.30. The molecule has 2 aromatic rings. The van der Waals surface area contributed by atoms with Gasteiger partial charge in [0.15, 0.2) is 0 Å². The van der Waals surface area contributed by atoms with Gasteiger partial charge >= 0.3 is 0 Å². The maximum absolute atomic E-state index is 10.3. The Morgan fingerprint density at radius 2 is 1.79 bits per heavy atom. The van der Waals surface area contributed by atoms with Crippen molar-refractivity contribution in [2.75, 3.05) is 0 Å². The van der Waals surface area contributed by atoms with Crippen LogP contribution in [0.4, 0.5) is 0 Å². The second-order valence-corrected chi connectivity index (χ2v) is 5.85. The van der Waals surface area contributed by atoms with Gasteiger partial charge < -0.3 is 5.11 Å². The highest BCUT2D eigenvalue weighted by Crippen LogP contribution is 2.28. The summed E-state index contributed by atoms with van der Waals surface area (Å²) in [7, 11) is 0. The molecule has 0 saturated heterocycles. The normalized spacial score (nSPS) is 12.9. The number of hydrogen-bond donors (Lipinski definition) is 1. The largest absolute Gasteiger partial charge is 0.387 e. The number of aryl methyl sites for hydroxylation is 1. The Morgan fingerprint density at radius 1 is 1.16 bits per heavy atom. The molecule has 0 aliphatic rings. The maximum Gasteiger partial charge on any atom is 0.0957 e. The summed E-state index contributed by atoms with van der Waals surface area (Å²) in [6.07, 6.45) is 1.15. The molecule has 1 N–H and O–H groups in total. The van der Waals surface area contributed by atoms with Gasteiger partial charge in [0.25, 0.3) is 0 Å². The van der Waals surface area contributed by atoms with E-state index in [1.807, 2.05) is 0 Å². The fraction of sp³-hybridized carbons (Fsp3) is 0.467. The quantitative estimate of drug-likeness (QED) is 0.909. The van der Waals surface area contributed by atoms with E-state index < -0.39 is 6.10 Å². The third-order valence-corrected chi connectivity index (χ3v) is 4.09. The highest BCUT2D eigenvalue weighted by Gasteiger charge is 2.19. The first kappa shape index (κ1) is 14.2. The van der Waals surface area contributed by atoms with E-state index in [2.05, 4.69) is 54.6 Å². The molecule has 102 valence electrons. The van der Waals surface area contributed by atoms with Crippen LogP contribution >= 0.6 is 11.5 Å². The number of aliphatic hydroxyl groups is 1. The monoisotopic (exact) mass is 276 g/mol. The van der Waals surface area contributed by atoms with Crippen molar-refractivity contribution in [2.45, 2.75) is 45.6 Å². The topological polar surface area (TPSA) is 46.0 Å². The van der Waals surface area contributed by atoms with E-state index in [1.165, 1.54) is 17.1 Å². The van der Waals surface area contributed by atoms with Crippen LogP contribution in [0.1, 0.15) is 54.5 Å². The number of nitrogens with zero attached hydrogens (tertiary/aromatic N) is 2. The van der Waals surface area contributed by atoms with Crippen LogP contribution in [-0.4, -0.2) is 14.7 Å². The molecule has 0 amide bonds. The third-order valence-electron chi connectivity index (χ3n) is 3.25. The first-order chi connectivity index (χ1) is 9.11. The summed E-state index contributed by atoms with van der Waals surface area (Å²) in [4.78, 5) is 0.898. The molecule has 0 spiro atoms. The molecule has 1 heterocycles. The number of aliphatic hydroxyl groups excluding tert-OH is 1. The molecular formula is C15H20N2OS. The Balaban J connectivity index is 2.11. The predicted molar refractivity (Wildman–Crippen MR) is 78.5 cm³/mol. The van der Waals surface area contributed by atoms with Gasteiger partial charge in [0.05, 0.1) is 16.7 Å². The van der Waals surface area contributed by atoms with E-state index in [4.69, 9.17) is 0 Å². The second-order valence-electron chi connectivity index (χ2n) is 5.07. The summed E-state index contributed by atoms with van der Waals surface area (Å²) in [6.45, 7) is 6.29. The van der Waals surface area contributed by atoms with E-state index in [9.17, 15) is 5.11 Å². The highest BCUT2D eigenvalue weighted by molar-refractivity contribution is 7.05. The van der Waals surface area contributed by atoms with Gasteiger partial charge in [0, 0.05) is 6.42 Å². The summed E-state index contributed by atoms with van der Waals surface area (Å²) < 4.78 is 3.97. The number of benzene rings is 1. The standard InChI is InChI=1S/C15H20N2OS/c1-4-11-5-7-12(8-6-11)9-13(18)15-14(10(2)3)16-17-19-15/h5-8,10,13,18H,4,9H2,1-3H3. The lowest BCUT2D eigenvalue weighted by molar-refractivity contribution is 0.180. The van der Waals surface area contributed by atoms with Crippen LogP contribution in [0, 0.1) is 0 Å². The van der Waals surface area contributed by atoms with Gasteiger partial charge in [-0.2, -0.15) is 0 Å². The number of aromatic nitrogens is 2. The molecule has 0 aliphatic carbocycles. The van der Waals surface area contributed by atoms with Gasteiger partial charge in [0.2, 0.25) is 0 Å². The Hall–Kier alpha value is -1.26. The second kappa shape index (κ2) is 6.26. The molecule has 19 heavy (non-hydrogen) atoms. The summed E-state index contributed by atoms with van der Waals surface area (Å²) in [5.74, 6) is 0.297. The first-order valence-corrected chi connectivity index (χ1v) is 7.47. The zero-order valence-corrected chi connectivity index (χ0v) is 12.4. The van der Waals surface area contributed by atoms with Gasteiger partial charge in [0.1, 0.15) is 0 Å². The Labute approximate surface area is 118 Å². The lowest BCUT2D eigenvalue weighted by atomic mass is 10.0. The predicted octanol–water partition coefficient (Wildman–Crippen LogP) is 3.50. The van der Waals surface area contributed by atoms with Crippen molar-refractivity contribution in [2.24, 2.45) is 0 Å². The molecule has 1 unspecified atom stereocenters. The number of rotatable bonds is 5. The van der Waals surface area contributed by atoms with Crippen molar-refractivity contribution in [1.29, 1.82) is 0 Å². The fourth-order valence-corrected chi connectivity index (χ4v) is 2.85. The molecule has 1 aromatic heterocycles. The first-order valence-electron chi connectivity index (χ1n) is 6.69. The Kier molecular flexibility index (Phi) is 4.66. The third kappa shape index (κ3) is 3.39. The van der Waals surface area contributed by atoms with E-state index in [1.54, 1.807) is 0 Å². The minimum atomic E-state index is -0.509. The average Bonchev–Trinajstić information content (AvgIpc) is 2.89. The van der Waals surface area contributed by atoms with E-state index >= 15 is 0 Å². The minimum Gasteiger partial charge on any atom is -0.387 e. The molecular weight excluding hydrogens is 256 g/mol. The van der Waals surface area contributed by atoms with Crippen molar-refractivity contribution in [3.05, 3.63) is 46.0 Å². The molecule has 1 atom stereocenters. The summed E-state index contributed by atoms with van der Waals surface area (Å²) in [5.41, 5.74) is 3.39. The molecule has 0 saturated carbocycles. The van der Waals surface area contributed by atoms with Crippen LogP contribution < -0.4 is 0 Å². The van der Waals surface area contributed by atoms with E-state index in [-0.39, 0.29) is 0 Å². The molecule has 3 nitrogen and oxygen atoms in total. The van der Waals surface area contributed by atoms with Gasteiger partial charge in [-0.3, -0.25) is 0 Å². The molecule has 1 aromatic carbocycles. The van der Waals surface area contributed by atoms with Crippen molar-refractivity contribution < 1.29 is 5.11 Å². The van der Waals surface area contributed by atoms with Crippen LogP contribution in [0.3, 0.4) is 0 Å². The lowest BCUT2D eigenvalue weighted by Crippen LogP contribution is -2.04. The van der Waals surface area contributed by atoms with Crippen molar-refractivity contribution in [1.82, 2.24) is 9.59 Å². The van der Waals surface area contributed by atoms with Crippen molar-refractivity contribution in [3.8, 4) is 0 Å². The van der Waals surface area contributed by atoms with E-state index in [0.29, 0.717) is 12.3 Å². The van der Waals surface area contributed by atoms with Crippen molar-refractivity contribution in [3.63, 3.8) is 0 Å². The van der Waals surface area contributed by atoms with Gasteiger partial charge in [-0.25, -0.2) is 0 Å². The van der Waals surface area contributed by atoms with Crippen LogP contribution in [-0.2, 0) is 12.8 Å². The van der Waals surface area contributed by atoms with Gasteiger partial charge in [-0.15, -0.1) is 5.10 Å². The zero-order chi connectivity index (χ0) is 13.8. The molecule has 0 radical (unpaired) electrons. The lowest BCUT2D eigenvalue weighted by Gasteiger charge is -2.11. The smallest absolute Gasteiger partial charge is 0.0957 e. The van der Waals surface area contributed by atoms with Crippen LogP contribution in [0.25, 0.3) is 0 Å². The van der Waals surface area contributed by atoms with Gasteiger partial charge in [-0.05, 0) is 35.0 Å². The van der Waals surface area contributed by atoms with Gasteiger partial charge in [-0.1, -0.05) is 49.5 Å². The van der Waals surface area contributed by atoms with Crippen LogP contribution in [0.5, 0.6) is 0 Å². The number of hydrogen-bond acceptors (Lipinski definition) is 4. The Morgan fingerprint density at radius 3 is 2.37 bits per heavy atom. The molecule has 0 aliphatic heterocycles. The molecule has 4 heteroatoms. The van der Waals surface area contributed by atoms with Crippen LogP contribution in [0.2, 0.25) is 0 Å². The molecule has 0 bridgehead atoms. The zero-order valence-electron chi connectivity index (χ0n) is 11.6. The van der Waals surface area contributed by atoms with Crippen molar-refractivity contribution >= 4 is 11.5 Å². The molecule has 2 rings (SSSR count). The highest BCUT2D eigenvalue weighted by atomic mass is 32.1. The Bertz CT molecular complexity index is 519. The van der Waals surface area contributed by atoms with Crippen LogP contribution in [0.15, 0.2) is 24.3 Å². The summed E-state index contributed by atoms with van der Waals surface area (Å²) in [6, 6.07) is 8.42.